The molecule has 0 fully saturated rings. The molecule has 0 atom stereocenters. The molecule has 0 saturated carbocycles. The molecule has 0 aliphatic rings. The number of aryl methyl sites for hydroxylation is 1. The number of carbonyl (C=O) groups is 1. The molecule has 0 aromatic heterocycles. The zero-order chi connectivity index (χ0) is 13.8. The van der Waals surface area contributed by atoms with Crippen molar-refractivity contribution in [1.29, 1.82) is 0 Å². The molecule has 2 aromatic rings. The smallest absolute Gasteiger partial charge is 0.387 e. The summed E-state index contributed by atoms with van der Waals surface area (Å²) in [6.45, 7) is -2.86. The molecule has 5 heteroatoms. The molecule has 0 radical (unpaired) electrons. The van der Waals surface area contributed by atoms with Crippen molar-refractivity contribution < 1.29 is 18.3 Å². The summed E-state index contributed by atoms with van der Waals surface area (Å²) < 4.78 is 29.1. The molecule has 0 aliphatic heterocycles. The molecule has 0 heterocycles. The van der Waals surface area contributed by atoms with Crippen LogP contribution in [0.2, 0.25) is 0 Å². The van der Waals surface area contributed by atoms with Crippen LogP contribution < -0.4 is 10.5 Å². The van der Waals surface area contributed by atoms with Crippen LogP contribution in [0.3, 0.4) is 0 Å². The van der Waals surface area contributed by atoms with Crippen LogP contribution in [-0.4, -0.2) is 12.5 Å². The molecular formula is C14H13F2NO2. The Kier molecular flexibility index (Phi) is 3.94. The van der Waals surface area contributed by atoms with Gasteiger partial charge in [-0.25, -0.2) is 0 Å². The number of nitrogens with two attached hydrogens (primary N) is 1. The van der Waals surface area contributed by atoms with E-state index in [9.17, 15) is 13.6 Å². The van der Waals surface area contributed by atoms with Gasteiger partial charge in [-0.2, -0.15) is 8.78 Å². The molecule has 1 amide bonds. The number of fused-ring (bicyclic) bond motifs is 1. The third-order valence-electron chi connectivity index (χ3n) is 2.83. The highest BCUT2D eigenvalue weighted by Crippen LogP contribution is 2.30. The highest BCUT2D eigenvalue weighted by molar-refractivity contribution is 5.91. The van der Waals surface area contributed by atoms with Crippen molar-refractivity contribution in [2.75, 3.05) is 0 Å². The SMILES string of the molecule is NC(=O)CCc1ccc(OC(F)F)c2ccccc12. The first-order valence-electron chi connectivity index (χ1n) is 5.81. The van der Waals surface area contributed by atoms with Gasteiger partial charge in [-0.1, -0.05) is 30.3 Å². The van der Waals surface area contributed by atoms with E-state index in [4.69, 9.17) is 5.73 Å². The van der Waals surface area contributed by atoms with Crippen molar-refractivity contribution in [3.63, 3.8) is 0 Å². The van der Waals surface area contributed by atoms with Crippen LogP contribution in [0.25, 0.3) is 10.8 Å². The second-order valence-corrected chi connectivity index (χ2v) is 4.11. The van der Waals surface area contributed by atoms with Crippen LogP contribution in [0, 0.1) is 0 Å². The second kappa shape index (κ2) is 5.65. The van der Waals surface area contributed by atoms with Gasteiger partial charge < -0.3 is 10.5 Å². The minimum Gasteiger partial charge on any atom is -0.434 e. The van der Waals surface area contributed by atoms with E-state index in [0.717, 1.165) is 10.9 Å². The van der Waals surface area contributed by atoms with E-state index < -0.39 is 12.5 Å². The summed E-state index contributed by atoms with van der Waals surface area (Å²) >= 11 is 0. The number of alkyl halides is 2. The predicted molar refractivity (Wildman–Crippen MR) is 68.1 cm³/mol. The zero-order valence-electron chi connectivity index (χ0n) is 10.1. The van der Waals surface area contributed by atoms with Crippen molar-refractivity contribution in [2.45, 2.75) is 19.5 Å². The van der Waals surface area contributed by atoms with Gasteiger partial charge in [-0.05, 0) is 23.4 Å². The van der Waals surface area contributed by atoms with E-state index in [1.807, 2.05) is 12.1 Å². The van der Waals surface area contributed by atoms with Gasteiger partial charge in [0.1, 0.15) is 5.75 Å². The molecule has 0 unspecified atom stereocenters. The van der Waals surface area contributed by atoms with Crippen LogP contribution in [0.15, 0.2) is 36.4 Å². The summed E-state index contributed by atoms with van der Waals surface area (Å²) in [7, 11) is 0. The number of amides is 1. The van der Waals surface area contributed by atoms with E-state index >= 15 is 0 Å². The second-order valence-electron chi connectivity index (χ2n) is 4.11. The summed E-state index contributed by atoms with van der Waals surface area (Å²) in [5.74, 6) is -0.259. The summed E-state index contributed by atoms with van der Waals surface area (Å²) in [6.07, 6.45) is 0.698. The molecule has 3 nitrogen and oxygen atoms in total. The molecule has 2 aromatic carbocycles. The van der Waals surface area contributed by atoms with Gasteiger partial charge in [0.25, 0.3) is 0 Å². The Balaban J connectivity index is 2.42. The minimum atomic E-state index is -2.86. The summed E-state index contributed by atoms with van der Waals surface area (Å²) in [6, 6.07) is 10.2. The van der Waals surface area contributed by atoms with Gasteiger partial charge in [0.2, 0.25) is 5.91 Å². The molecule has 2 rings (SSSR count). The summed E-state index contributed by atoms with van der Waals surface area (Å²) in [4.78, 5) is 10.8. The fourth-order valence-corrected chi connectivity index (χ4v) is 2.01. The average molecular weight is 265 g/mol. The lowest BCUT2D eigenvalue weighted by molar-refractivity contribution is -0.117. The highest BCUT2D eigenvalue weighted by atomic mass is 19.3. The first-order chi connectivity index (χ1) is 9.08. The fourth-order valence-electron chi connectivity index (χ4n) is 2.01. The Morgan fingerprint density at radius 1 is 1.16 bits per heavy atom. The Hall–Kier alpha value is -2.17. The molecule has 19 heavy (non-hydrogen) atoms. The summed E-state index contributed by atoms with van der Waals surface area (Å²) in [5.41, 5.74) is 6.00. The topological polar surface area (TPSA) is 52.3 Å². The van der Waals surface area contributed by atoms with E-state index in [0.29, 0.717) is 11.8 Å². The van der Waals surface area contributed by atoms with Gasteiger partial charge in [-0.15, -0.1) is 0 Å². The lowest BCUT2D eigenvalue weighted by atomic mass is 10.00. The maximum absolute atomic E-state index is 12.3. The normalized spacial score (nSPS) is 10.9. The standard InChI is InChI=1S/C14H13F2NO2/c15-14(16)19-12-7-5-9(6-8-13(17)18)10-3-1-2-4-11(10)12/h1-5,7,14H,6,8H2,(H2,17,18). The molecule has 2 N–H and O–H groups in total. The average Bonchev–Trinajstić information content (AvgIpc) is 2.37. The maximum atomic E-state index is 12.3. The first-order valence-corrected chi connectivity index (χ1v) is 5.81. The number of halogens is 2. The van der Waals surface area contributed by atoms with Crippen LogP contribution in [0.5, 0.6) is 5.75 Å². The lowest BCUT2D eigenvalue weighted by Crippen LogP contribution is -2.11. The van der Waals surface area contributed by atoms with Gasteiger partial charge in [0.05, 0.1) is 0 Å². The van der Waals surface area contributed by atoms with Crippen LogP contribution in [0.1, 0.15) is 12.0 Å². The molecule has 0 aliphatic carbocycles. The summed E-state index contributed by atoms with van der Waals surface area (Å²) in [5, 5.41) is 1.40. The molecule has 0 saturated heterocycles. The van der Waals surface area contributed by atoms with Gasteiger partial charge >= 0.3 is 6.61 Å². The number of hydrogen-bond acceptors (Lipinski definition) is 2. The molecule has 100 valence electrons. The Morgan fingerprint density at radius 3 is 2.47 bits per heavy atom. The molecule has 0 bridgehead atoms. The lowest BCUT2D eigenvalue weighted by Gasteiger charge is -2.11. The van der Waals surface area contributed by atoms with Gasteiger partial charge in [0, 0.05) is 11.8 Å². The van der Waals surface area contributed by atoms with E-state index in [-0.39, 0.29) is 12.2 Å². The van der Waals surface area contributed by atoms with Crippen LogP contribution >= 0.6 is 0 Å². The fraction of sp³-hybridized carbons (Fsp3) is 0.214. The van der Waals surface area contributed by atoms with Crippen molar-refractivity contribution in [3.8, 4) is 5.75 Å². The number of hydrogen-bond donors (Lipinski definition) is 1. The predicted octanol–water partition coefficient (Wildman–Crippen LogP) is 2.86. The van der Waals surface area contributed by atoms with E-state index in [1.54, 1.807) is 18.2 Å². The Bertz CT molecular complexity index is 599. The molecule has 0 spiro atoms. The Labute approximate surface area is 109 Å². The number of rotatable bonds is 5. The number of carbonyl (C=O) groups excluding carboxylic acids is 1. The van der Waals surface area contributed by atoms with Crippen molar-refractivity contribution in [1.82, 2.24) is 0 Å². The third-order valence-corrected chi connectivity index (χ3v) is 2.83. The molecular weight excluding hydrogens is 252 g/mol. The highest BCUT2D eigenvalue weighted by Gasteiger charge is 2.11. The minimum absolute atomic E-state index is 0.133. The number of ether oxygens (including phenoxy) is 1. The number of primary amides is 1. The monoisotopic (exact) mass is 265 g/mol. The van der Waals surface area contributed by atoms with Crippen molar-refractivity contribution >= 4 is 16.7 Å². The van der Waals surface area contributed by atoms with E-state index in [1.165, 1.54) is 6.07 Å². The van der Waals surface area contributed by atoms with Crippen LogP contribution in [0.4, 0.5) is 8.78 Å². The van der Waals surface area contributed by atoms with Crippen molar-refractivity contribution in [3.05, 3.63) is 42.0 Å². The number of benzene rings is 2. The first kappa shape index (κ1) is 13.3. The third kappa shape index (κ3) is 3.19. The van der Waals surface area contributed by atoms with Gasteiger partial charge in [-0.3, -0.25) is 4.79 Å². The van der Waals surface area contributed by atoms with E-state index in [2.05, 4.69) is 4.74 Å². The quantitative estimate of drug-likeness (QED) is 0.903. The van der Waals surface area contributed by atoms with Crippen molar-refractivity contribution in [2.24, 2.45) is 5.73 Å². The maximum Gasteiger partial charge on any atom is 0.387 e. The van der Waals surface area contributed by atoms with Gasteiger partial charge in [0.15, 0.2) is 0 Å². The van der Waals surface area contributed by atoms with Crippen LogP contribution in [-0.2, 0) is 11.2 Å². The Morgan fingerprint density at radius 2 is 1.84 bits per heavy atom. The zero-order valence-corrected chi connectivity index (χ0v) is 10.1. The largest absolute Gasteiger partial charge is 0.434 e.